The highest BCUT2D eigenvalue weighted by Gasteiger charge is 2.34. The lowest BCUT2D eigenvalue weighted by atomic mass is 10.1. The molecule has 0 saturated carbocycles. The third-order valence-electron chi connectivity index (χ3n) is 3.67. The summed E-state index contributed by atoms with van der Waals surface area (Å²) in [4.78, 5) is 11.6. The van der Waals surface area contributed by atoms with Crippen LogP contribution in [0, 0.1) is 13.8 Å². The average Bonchev–Trinajstić information content (AvgIpc) is 2.49. The summed E-state index contributed by atoms with van der Waals surface area (Å²) in [5.41, 5.74) is 2.03. The molecule has 0 aromatic heterocycles. The van der Waals surface area contributed by atoms with Crippen LogP contribution in [0.3, 0.4) is 0 Å². The number of sulfonamides is 1. The van der Waals surface area contributed by atoms with Crippen molar-refractivity contribution in [2.75, 3.05) is 4.31 Å². The van der Waals surface area contributed by atoms with Crippen LogP contribution in [0.1, 0.15) is 18.1 Å². The van der Waals surface area contributed by atoms with Crippen molar-refractivity contribution >= 4 is 37.6 Å². The van der Waals surface area contributed by atoms with Crippen LogP contribution in [0.25, 0.3) is 0 Å². The molecule has 0 amide bonds. The Hall–Kier alpha value is -1.86. The molecule has 0 aliphatic rings. The zero-order valence-electron chi connectivity index (χ0n) is 13.5. The molecule has 0 aliphatic carbocycles. The molecule has 0 heterocycles. The van der Waals surface area contributed by atoms with Crippen molar-refractivity contribution in [3.05, 3.63) is 58.1 Å². The van der Waals surface area contributed by atoms with Gasteiger partial charge in [-0.25, -0.2) is 13.2 Å². The third-order valence-corrected chi connectivity index (χ3v) is 6.10. The molecule has 0 saturated heterocycles. The largest absolute Gasteiger partial charge is 0.480 e. The Balaban J connectivity index is 2.66. The first-order chi connectivity index (χ1) is 11.1. The van der Waals surface area contributed by atoms with E-state index in [4.69, 9.17) is 0 Å². The number of carboxylic acids is 1. The van der Waals surface area contributed by atoms with Crippen molar-refractivity contribution in [3.63, 3.8) is 0 Å². The van der Waals surface area contributed by atoms with Gasteiger partial charge in [0.1, 0.15) is 6.04 Å². The molecule has 1 atom stereocenters. The number of benzene rings is 2. The van der Waals surface area contributed by atoms with Crippen molar-refractivity contribution in [2.24, 2.45) is 0 Å². The summed E-state index contributed by atoms with van der Waals surface area (Å²) in [5.74, 6) is -1.21. The van der Waals surface area contributed by atoms with Gasteiger partial charge < -0.3 is 5.11 Å². The molecule has 0 spiro atoms. The first-order valence-electron chi connectivity index (χ1n) is 7.24. The van der Waals surface area contributed by atoms with E-state index in [-0.39, 0.29) is 4.90 Å². The molecule has 0 bridgehead atoms. The van der Waals surface area contributed by atoms with Crippen molar-refractivity contribution in [3.8, 4) is 0 Å². The van der Waals surface area contributed by atoms with Crippen LogP contribution in [0.5, 0.6) is 0 Å². The lowest BCUT2D eigenvalue weighted by Gasteiger charge is -2.29. The molecule has 1 N–H and O–H groups in total. The molecule has 24 heavy (non-hydrogen) atoms. The van der Waals surface area contributed by atoms with Gasteiger partial charge in [-0.2, -0.15) is 0 Å². The fourth-order valence-electron chi connectivity index (χ4n) is 2.42. The fraction of sp³-hybridized carbons (Fsp3) is 0.235. The van der Waals surface area contributed by atoms with Crippen LogP contribution in [0.15, 0.2) is 51.8 Å². The SMILES string of the molecule is Cc1ccc(N(C(C)C(=O)O)S(=O)(=O)c2ccc(Br)cc2)c(C)c1. The summed E-state index contributed by atoms with van der Waals surface area (Å²) >= 11 is 3.26. The number of aliphatic carboxylic acids is 1. The van der Waals surface area contributed by atoms with Gasteiger partial charge in [-0.15, -0.1) is 0 Å². The zero-order chi connectivity index (χ0) is 18.1. The topological polar surface area (TPSA) is 74.7 Å². The van der Waals surface area contributed by atoms with Crippen molar-refractivity contribution in [1.82, 2.24) is 0 Å². The summed E-state index contributed by atoms with van der Waals surface area (Å²) in [6.45, 7) is 5.02. The Morgan fingerprint density at radius 2 is 1.71 bits per heavy atom. The minimum absolute atomic E-state index is 0.0405. The minimum Gasteiger partial charge on any atom is -0.480 e. The summed E-state index contributed by atoms with van der Waals surface area (Å²) in [6.07, 6.45) is 0. The van der Waals surface area contributed by atoms with Gasteiger partial charge in [0, 0.05) is 4.47 Å². The Bertz CT molecular complexity index is 863. The lowest BCUT2D eigenvalue weighted by Crippen LogP contribution is -2.43. The zero-order valence-corrected chi connectivity index (χ0v) is 15.9. The number of hydrogen-bond acceptors (Lipinski definition) is 3. The molecule has 7 heteroatoms. The molecule has 2 aromatic rings. The number of hydrogen-bond donors (Lipinski definition) is 1. The van der Waals surface area contributed by atoms with Gasteiger partial charge in [-0.1, -0.05) is 33.6 Å². The Morgan fingerprint density at radius 1 is 1.12 bits per heavy atom. The van der Waals surface area contributed by atoms with Gasteiger partial charge in [-0.3, -0.25) is 4.31 Å². The Kier molecular flexibility index (Phi) is 5.35. The number of carbonyl (C=O) groups is 1. The highest BCUT2D eigenvalue weighted by molar-refractivity contribution is 9.10. The number of carboxylic acid groups (broad SMARTS) is 1. The molecule has 0 aliphatic heterocycles. The van der Waals surface area contributed by atoms with Crippen LogP contribution in [0.2, 0.25) is 0 Å². The molecule has 1 unspecified atom stereocenters. The average molecular weight is 412 g/mol. The van der Waals surface area contributed by atoms with E-state index in [1.54, 1.807) is 31.2 Å². The van der Waals surface area contributed by atoms with E-state index in [0.717, 1.165) is 14.3 Å². The smallest absolute Gasteiger partial charge is 0.327 e. The summed E-state index contributed by atoms with van der Waals surface area (Å²) in [7, 11) is -4.02. The third kappa shape index (κ3) is 3.62. The molecular weight excluding hydrogens is 394 g/mol. The molecule has 128 valence electrons. The molecule has 2 rings (SSSR count). The van der Waals surface area contributed by atoms with Crippen molar-refractivity contribution in [1.29, 1.82) is 0 Å². The molecule has 0 fully saturated rings. The predicted molar refractivity (Wildman–Crippen MR) is 96.8 cm³/mol. The maximum atomic E-state index is 13.1. The number of nitrogens with zero attached hydrogens (tertiary/aromatic N) is 1. The highest BCUT2D eigenvalue weighted by atomic mass is 79.9. The standard InChI is InChI=1S/C17H18BrNO4S/c1-11-4-9-16(12(2)10-11)19(13(3)17(20)21)24(22,23)15-7-5-14(18)6-8-15/h4-10,13H,1-3H3,(H,20,21). The second-order valence-electron chi connectivity index (χ2n) is 5.56. The number of halogens is 1. The van der Waals surface area contributed by atoms with Crippen LogP contribution in [-0.4, -0.2) is 25.5 Å². The lowest BCUT2D eigenvalue weighted by molar-refractivity contribution is -0.137. The van der Waals surface area contributed by atoms with Crippen molar-refractivity contribution < 1.29 is 18.3 Å². The minimum atomic E-state index is -4.02. The van der Waals surface area contributed by atoms with Gasteiger partial charge in [0.05, 0.1) is 10.6 Å². The van der Waals surface area contributed by atoms with Crippen LogP contribution < -0.4 is 4.31 Å². The Morgan fingerprint density at radius 3 is 2.21 bits per heavy atom. The highest BCUT2D eigenvalue weighted by Crippen LogP contribution is 2.30. The molecule has 0 radical (unpaired) electrons. The predicted octanol–water partition coefficient (Wildman–Crippen LogP) is 3.73. The van der Waals surface area contributed by atoms with Gasteiger partial charge in [0.15, 0.2) is 0 Å². The summed E-state index contributed by atoms with van der Waals surface area (Å²) in [5, 5.41) is 9.40. The van der Waals surface area contributed by atoms with Crippen LogP contribution in [0.4, 0.5) is 5.69 Å². The summed E-state index contributed by atoms with van der Waals surface area (Å²) < 4.78 is 27.9. The normalized spacial score (nSPS) is 12.7. The van der Waals surface area contributed by atoms with E-state index in [1.165, 1.54) is 19.1 Å². The first kappa shape index (κ1) is 18.5. The van der Waals surface area contributed by atoms with E-state index >= 15 is 0 Å². The quantitative estimate of drug-likeness (QED) is 0.812. The first-order valence-corrected chi connectivity index (χ1v) is 9.48. The van der Waals surface area contributed by atoms with Crippen molar-refractivity contribution in [2.45, 2.75) is 31.7 Å². The molecule has 5 nitrogen and oxygen atoms in total. The van der Waals surface area contributed by atoms with Gasteiger partial charge in [0.25, 0.3) is 10.0 Å². The van der Waals surface area contributed by atoms with Crippen LogP contribution >= 0.6 is 15.9 Å². The Labute approximate surface area is 150 Å². The van der Waals surface area contributed by atoms with Gasteiger partial charge in [0.2, 0.25) is 0 Å². The van der Waals surface area contributed by atoms with Crippen LogP contribution in [-0.2, 0) is 14.8 Å². The maximum Gasteiger partial charge on any atom is 0.327 e. The van der Waals surface area contributed by atoms with E-state index in [2.05, 4.69) is 15.9 Å². The maximum absolute atomic E-state index is 13.1. The van der Waals surface area contributed by atoms with E-state index in [1.807, 2.05) is 13.0 Å². The number of rotatable bonds is 5. The summed E-state index contributed by atoms with van der Waals surface area (Å²) in [6, 6.07) is 10.1. The molecular formula is C17H18BrNO4S. The second-order valence-corrected chi connectivity index (χ2v) is 8.29. The number of aryl methyl sites for hydroxylation is 2. The molecule has 2 aromatic carbocycles. The van der Waals surface area contributed by atoms with E-state index in [9.17, 15) is 18.3 Å². The monoisotopic (exact) mass is 411 g/mol. The van der Waals surface area contributed by atoms with Gasteiger partial charge in [-0.05, 0) is 56.7 Å². The fourth-order valence-corrected chi connectivity index (χ4v) is 4.36. The van der Waals surface area contributed by atoms with E-state index in [0.29, 0.717) is 11.3 Å². The second kappa shape index (κ2) is 6.94. The number of anilines is 1. The van der Waals surface area contributed by atoms with E-state index < -0.39 is 22.0 Å². The van der Waals surface area contributed by atoms with Gasteiger partial charge >= 0.3 is 5.97 Å².